The van der Waals surface area contributed by atoms with E-state index in [-0.39, 0.29) is 34.9 Å². The van der Waals surface area contributed by atoms with E-state index in [0.717, 1.165) is 22.4 Å². The Balaban J connectivity index is 0.000000446. The lowest BCUT2D eigenvalue weighted by molar-refractivity contribution is -0.161. The van der Waals surface area contributed by atoms with E-state index in [4.69, 9.17) is 9.47 Å². The van der Waals surface area contributed by atoms with Crippen molar-refractivity contribution in [2.24, 2.45) is 5.92 Å². The molecule has 1 aliphatic carbocycles. The van der Waals surface area contributed by atoms with E-state index in [2.05, 4.69) is 18.9 Å². The second kappa shape index (κ2) is 12.5. The highest BCUT2D eigenvalue weighted by Crippen LogP contribution is 2.45. The van der Waals surface area contributed by atoms with Crippen LogP contribution in [0.25, 0.3) is 10.1 Å². The summed E-state index contributed by atoms with van der Waals surface area (Å²) in [7, 11) is 0. The summed E-state index contributed by atoms with van der Waals surface area (Å²) in [6.45, 7) is 25.1. The first kappa shape index (κ1) is 32.8. The molecule has 0 saturated heterocycles. The molecular formula is C29H48N2O5S. The van der Waals surface area contributed by atoms with Gasteiger partial charge in [-0.1, -0.05) is 41.5 Å². The van der Waals surface area contributed by atoms with Gasteiger partial charge in [-0.2, -0.15) is 5.10 Å². The zero-order valence-corrected chi connectivity index (χ0v) is 26.0. The summed E-state index contributed by atoms with van der Waals surface area (Å²) in [5.41, 5.74) is -1.18. The van der Waals surface area contributed by atoms with Crippen LogP contribution in [0.3, 0.4) is 0 Å². The maximum Gasteiger partial charge on any atom is 0.334 e. The van der Waals surface area contributed by atoms with Crippen LogP contribution in [0.5, 0.6) is 0 Å². The Morgan fingerprint density at radius 2 is 1.57 bits per heavy atom. The number of aryl methyl sites for hydroxylation is 1. The van der Waals surface area contributed by atoms with Crippen LogP contribution < -0.4 is 5.56 Å². The molecule has 0 bridgehead atoms. The van der Waals surface area contributed by atoms with Gasteiger partial charge in [0.1, 0.15) is 15.9 Å². The maximum absolute atomic E-state index is 13.0. The van der Waals surface area contributed by atoms with E-state index in [1.807, 2.05) is 82.2 Å². The molecule has 0 spiro atoms. The molecule has 0 aromatic carbocycles. The van der Waals surface area contributed by atoms with Crippen LogP contribution in [-0.2, 0) is 24.6 Å². The molecular weight excluding hydrogens is 488 g/mol. The van der Waals surface area contributed by atoms with E-state index in [1.54, 1.807) is 0 Å². The van der Waals surface area contributed by atoms with E-state index in [1.165, 1.54) is 16.0 Å². The van der Waals surface area contributed by atoms with Crippen LogP contribution in [0.1, 0.15) is 119 Å². The summed E-state index contributed by atoms with van der Waals surface area (Å²) >= 11 is 1.47. The molecule has 2 heterocycles. The smallest absolute Gasteiger partial charge is 0.334 e. The number of carbonyl (C=O) groups is 2. The first-order chi connectivity index (χ1) is 16.9. The summed E-state index contributed by atoms with van der Waals surface area (Å²) in [5, 5.41) is 5.52. The van der Waals surface area contributed by atoms with Crippen molar-refractivity contribution in [3.8, 4) is 0 Å². The molecule has 2 aromatic rings. The van der Waals surface area contributed by atoms with Crippen molar-refractivity contribution >= 4 is 33.4 Å². The zero-order chi connectivity index (χ0) is 28.9. The molecule has 37 heavy (non-hydrogen) atoms. The van der Waals surface area contributed by atoms with Crippen LogP contribution in [0.4, 0.5) is 0 Å². The number of thiophene rings is 1. The van der Waals surface area contributed by atoms with Crippen LogP contribution in [0.15, 0.2) is 10.9 Å². The number of hydrogen-bond acceptors (Lipinski definition) is 7. The Labute approximate surface area is 226 Å². The summed E-state index contributed by atoms with van der Waals surface area (Å²) in [6, 6.07) is 2.02. The number of esters is 2. The molecule has 7 nitrogen and oxygen atoms in total. The second-order valence-corrected chi connectivity index (χ2v) is 13.0. The third kappa shape index (κ3) is 8.66. The molecule has 0 amide bonds. The van der Waals surface area contributed by atoms with Crippen molar-refractivity contribution in [1.82, 2.24) is 9.78 Å². The third-order valence-corrected chi connectivity index (χ3v) is 6.64. The zero-order valence-electron chi connectivity index (χ0n) is 25.2. The molecule has 8 heteroatoms. The minimum Gasteiger partial charge on any atom is -0.460 e. The van der Waals surface area contributed by atoms with Gasteiger partial charge in [0.15, 0.2) is 5.54 Å². The van der Waals surface area contributed by atoms with Crippen molar-refractivity contribution in [2.75, 3.05) is 0 Å². The molecule has 1 saturated carbocycles. The van der Waals surface area contributed by atoms with Gasteiger partial charge in [-0.25, -0.2) is 9.48 Å². The SMILES string of the molecule is CC.CCC(C)C(=O)OC(C)(C)C.Cc1cc2c(C(C)C)nn(C3(C(=O)OC(C)(C)C)CC3)c(=O)c2s1. The molecule has 0 radical (unpaired) electrons. The Morgan fingerprint density at radius 3 is 1.97 bits per heavy atom. The largest absolute Gasteiger partial charge is 0.460 e. The molecule has 1 fully saturated rings. The number of ether oxygens (including phenoxy) is 2. The lowest BCUT2D eigenvalue weighted by Gasteiger charge is -2.25. The monoisotopic (exact) mass is 536 g/mol. The summed E-state index contributed by atoms with van der Waals surface area (Å²) in [5.74, 6) is -0.260. The standard InChI is InChI=1S/C18H24N2O3S.C9H18O2.C2H6/c1-10(2)13-12-9-11(3)24-14(12)15(21)20(19-13)18(7-8-18)16(22)23-17(4,5)6;1-6-7(2)8(10)11-9(3,4)5;1-2/h9-10H,7-8H2,1-6H3;7H,6H2,1-5H3;1-2H3. The lowest BCUT2D eigenvalue weighted by Crippen LogP contribution is -2.42. The van der Waals surface area contributed by atoms with Gasteiger partial charge in [-0.3, -0.25) is 9.59 Å². The fourth-order valence-electron chi connectivity index (χ4n) is 3.45. The molecule has 1 unspecified atom stereocenters. The van der Waals surface area contributed by atoms with Gasteiger partial charge >= 0.3 is 11.9 Å². The van der Waals surface area contributed by atoms with E-state index in [9.17, 15) is 14.4 Å². The highest BCUT2D eigenvalue weighted by molar-refractivity contribution is 7.18. The number of rotatable bonds is 5. The summed E-state index contributed by atoms with van der Waals surface area (Å²) in [6.07, 6.45) is 2.04. The van der Waals surface area contributed by atoms with Gasteiger partial charge in [0.25, 0.3) is 5.56 Å². The minimum absolute atomic E-state index is 0.0224. The molecule has 1 aliphatic rings. The second-order valence-electron chi connectivity index (χ2n) is 11.7. The normalized spacial score (nSPS) is 15.2. The van der Waals surface area contributed by atoms with Crippen LogP contribution >= 0.6 is 11.3 Å². The highest BCUT2D eigenvalue weighted by Gasteiger charge is 2.56. The molecule has 3 rings (SSSR count). The van der Waals surface area contributed by atoms with Gasteiger partial charge in [0, 0.05) is 10.3 Å². The van der Waals surface area contributed by atoms with Gasteiger partial charge in [0.05, 0.1) is 11.6 Å². The van der Waals surface area contributed by atoms with E-state index in [0.29, 0.717) is 17.5 Å². The maximum atomic E-state index is 13.0. The fourth-order valence-corrected chi connectivity index (χ4v) is 4.39. The molecule has 1 atom stereocenters. The number of carbonyl (C=O) groups excluding carboxylic acids is 2. The van der Waals surface area contributed by atoms with Gasteiger partial charge in [0.2, 0.25) is 0 Å². The van der Waals surface area contributed by atoms with E-state index >= 15 is 0 Å². The Hall–Kier alpha value is -2.22. The average Bonchev–Trinajstić information content (AvgIpc) is 3.48. The van der Waals surface area contributed by atoms with Crippen LogP contribution in [0, 0.1) is 12.8 Å². The Bertz CT molecular complexity index is 1130. The van der Waals surface area contributed by atoms with Crippen molar-refractivity contribution in [3.05, 3.63) is 27.0 Å². The fraction of sp³-hybridized carbons (Fsp3) is 0.724. The van der Waals surface area contributed by atoms with Crippen molar-refractivity contribution in [1.29, 1.82) is 0 Å². The lowest BCUT2D eigenvalue weighted by atomic mass is 10.1. The predicted octanol–water partition coefficient (Wildman–Crippen LogP) is 7.12. The molecule has 210 valence electrons. The average molecular weight is 537 g/mol. The summed E-state index contributed by atoms with van der Waals surface area (Å²) in [4.78, 5) is 37.9. The predicted molar refractivity (Wildman–Crippen MR) is 152 cm³/mol. The number of aromatic nitrogens is 2. The van der Waals surface area contributed by atoms with Gasteiger partial charge in [-0.15, -0.1) is 11.3 Å². The number of hydrogen-bond donors (Lipinski definition) is 0. The minimum atomic E-state index is -0.930. The van der Waals surface area contributed by atoms with Crippen molar-refractivity contribution in [2.45, 2.75) is 132 Å². The van der Waals surface area contributed by atoms with Gasteiger partial charge in [-0.05, 0) is 79.7 Å². The van der Waals surface area contributed by atoms with E-state index < -0.39 is 11.1 Å². The number of fused-ring (bicyclic) bond motifs is 1. The topological polar surface area (TPSA) is 87.5 Å². The van der Waals surface area contributed by atoms with Gasteiger partial charge < -0.3 is 9.47 Å². The number of nitrogens with zero attached hydrogens (tertiary/aromatic N) is 2. The highest BCUT2D eigenvalue weighted by atomic mass is 32.1. The Morgan fingerprint density at radius 1 is 1.05 bits per heavy atom. The summed E-state index contributed by atoms with van der Waals surface area (Å²) < 4.78 is 12.8. The first-order valence-corrected chi connectivity index (χ1v) is 14.2. The molecule has 2 aromatic heterocycles. The Kier molecular flexibility index (Phi) is 11.1. The first-order valence-electron chi connectivity index (χ1n) is 13.4. The van der Waals surface area contributed by atoms with Crippen molar-refractivity contribution < 1.29 is 19.1 Å². The van der Waals surface area contributed by atoms with Crippen LogP contribution in [0.2, 0.25) is 0 Å². The molecule has 0 aliphatic heterocycles. The molecule has 0 N–H and O–H groups in total. The quantitative estimate of drug-likeness (QED) is 0.378. The van der Waals surface area contributed by atoms with Crippen molar-refractivity contribution in [3.63, 3.8) is 0 Å². The third-order valence-electron chi connectivity index (χ3n) is 5.60. The van der Waals surface area contributed by atoms with Crippen LogP contribution in [-0.4, -0.2) is 32.9 Å².